The van der Waals surface area contributed by atoms with E-state index in [0.29, 0.717) is 0 Å². The van der Waals surface area contributed by atoms with Crippen LogP contribution in [0.25, 0.3) is 10.2 Å². The van der Waals surface area contributed by atoms with Crippen LogP contribution in [0.2, 0.25) is 0 Å². The molecule has 0 saturated heterocycles. The number of unbranched alkanes of at least 4 members (excludes halogenated alkanes) is 3. The maximum Gasteiger partial charge on any atom is 0.138 e. The Balaban J connectivity index is 2.08. The van der Waals surface area contributed by atoms with E-state index in [-0.39, 0.29) is 0 Å². The molecule has 0 radical (unpaired) electrons. The van der Waals surface area contributed by atoms with Crippen molar-refractivity contribution in [3.63, 3.8) is 0 Å². The predicted molar refractivity (Wildman–Crippen MR) is 79.5 cm³/mol. The van der Waals surface area contributed by atoms with Gasteiger partial charge in [0.2, 0.25) is 0 Å². The van der Waals surface area contributed by atoms with E-state index in [1.54, 1.807) is 17.7 Å². The molecule has 0 saturated carbocycles. The van der Waals surface area contributed by atoms with Gasteiger partial charge < -0.3 is 5.32 Å². The zero-order valence-corrected chi connectivity index (χ0v) is 12.2. The Labute approximate surface area is 113 Å². The molecule has 1 N–H and O–H groups in total. The van der Waals surface area contributed by atoms with Crippen LogP contribution in [0.3, 0.4) is 0 Å². The lowest BCUT2D eigenvalue weighted by Gasteiger charge is -2.06. The number of hydrogen-bond acceptors (Lipinski definition) is 4. The Morgan fingerprint density at radius 3 is 2.78 bits per heavy atom. The van der Waals surface area contributed by atoms with Gasteiger partial charge in [0.05, 0.1) is 5.39 Å². The lowest BCUT2D eigenvalue weighted by molar-refractivity contribution is 0.684. The van der Waals surface area contributed by atoms with Crippen molar-refractivity contribution < 1.29 is 0 Å². The molecule has 0 aromatic carbocycles. The molecular formula is C14H21N3S. The molecule has 0 amide bonds. The number of nitrogens with one attached hydrogen (secondary N) is 1. The van der Waals surface area contributed by atoms with Crippen LogP contribution in [-0.2, 0) is 0 Å². The average molecular weight is 263 g/mol. The van der Waals surface area contributed by atoms with Crippen LogP contribution in [0, 0.1) is 13.8 Å². The van der Waals surface area contributed by atoms with E-state index in [2.05, 4.69) is 36.1 Å². The molecular weight excluding hydrogens is 242 g/mol. The molecule has 18 heavy (non-hydrogen) atoms. The van der Waals surface area contributed by atoms with Crippen molar-refractivity contribution in [3.8, 4) is 0 Å². The first-order valence-corrected chi connectivity index (χ1v) is 7.50. The first-order valence-electron chi connectivity index (χ1n) is 6.68. The predicted octanol–water partition coefficient (Wildman–Crippen LogP) is 4.30. The number of aryl methyl sites for hydroxylation is 2. The minimum Gasteiger partial charge on any atom is -0.369 e. The van der Waals surface area contributed by atoms with Crippen molar-refractivity contribution in [2.24, 2.45) is 0 Å². The molecule has 0 aliphatic heterocycles. The van der Waals surface area contributed by atoms with Gasteiger partial charge in [0, 0.05) is 11.4 Å². The van der Waals surface area contributed by atoms with Crippen molar-refractivity contribution >= 4 is 27.4 Å². The summed E-state index contributed by atoms with van der Waals surface area (Å²) in [5.41, 5.74) is 1.31. The Morgan fingerprint density at radius 1 is 1.17 bits per heavy atom. The number of rotatable bonds is 6. The molecule has 2 aromatic rings. The topological polar surface area (TPSA) is 37.8 Å². The Bertz CT molecular complexity index is 519. The second-order valence-corrected chi connectivity index (χ2v) is 5.88. The zero-order valence-electron chi connectivity index (χ0n) is 11.4. The third-order valence-electron chi connectivity index (χ3n) is 3.29. The molecule has 0 spiro atoms. The third kappa shape index (κ3) is 2.80. The number of nitrogens with zero attached hydrogens (tertiary/aromatic N) is 2. The van der Waals surface area contributed by atoms with Crippen molar-refractivity contribution in [1.29, 1.82) is 0 Å². The summed E-state index contributed by atoms with van der Waals surface area (Å²) in [6.45, 7) is 7.53. The monoisotopic (exact) mass is 263 g/mol. The van der Waals surface area contributed by atoms with Crippen LogP contribution < -0.4 is 5.32 Å². The van der Waals surface area contributed by atoms with Gasteiger partial charge in [-0.05, 0) is 25.8 Å². The molecule has 98 valence electrons. The summed E-state index contributed by atoms with van der Waals surface area (Å²) in [6, 6.07) is 0. The first kappa shape index (κ1) is 13.3. The zero-order chi connectivity index (χ0) is 13.0. The van der Waals surface area contributed by atoms with E-state index in [4.69, 9.17) is 0 Å². The van der Waals surface area contributed by atoms with Crippen molar-refractivity contribution in [3.05, 3.63) is 16.8 Å². The maximum absolute atomic E-state index is 4.38. The standard InChI is InChI=1S/C14H21N3S/c1-4-5-6-7-8-15-13-12-10(2)11(3)18-14(12)17-9-16-13/h9H,4-8H2,1-3H3,(H,15,16,17). The van der Waals surface area contributed by atoms with Crippen LogP contribution in [0.15, 0.2) is 6.33 Å². The number of anilines is 1. The van der Waals surface area contributed by atoms with E-state index in [1.807, 2.05) is 0 Å². The molecule has 0 unspecified atom stereocenters. The fourth-order valence-corrected chi connectivity index (χ4v) is 3.07. The van der Waals surface area contributed by atoms with Crippen LogP contribution in [0.4, 0.5) is 5.82 Å². The van der Waals surface area contributed by atoms with E-state index in [1.165, 1.54) is 41.5 Å². The van der Waals surface area contributed by atoms with Gasteiger partial charge in [-0.3, -0.25) is 0 Å². The molecule has 0 fully saturated rings. The summed E-state index contributed by atoms with van der Waals surface area (Å²) in [5, 5.41) is 4.66. The first-order chi connectivity index (χ1) is 8.74. The fourth-order valence-electron chi connectivity index (χ4n) is 2.08. The number of thiophene rings is 1. The summed E-state index contributed by atoms with van der Waals surface area (Å²) in [6.07, 6.45) is 6.75. The third-order valence-corrected chi connectivity index (χ3v) is 4.40. The summed E-state index contributed by atoms with van der Waals surface area (Å²) in [7, 11) is 0. The molecule has 0 atom stereocenters. The highest BCUT2D eigenvalue weighted by molar-refractivity contribution is 7.18. The minimum absolute atomic E-state index is 0.998. The van der Waals surface area contributed by atoms with Crippen LogP contribution in [0.1, 0.15) is 43.0 Å². The van der Waals surface area contributed by atoms with E-state index >= 15 is 0 Å². The fraction of sp³-hybridized carbons (Fsp3) is 0.571. The van der Waals surface area contributed by atoms with E-state index < -0.39 is 0 Å². The maximum atomic E-state index is 4.38. The van der Waals surface area contributed by atoms with Gasteiger partial charge in [-0.1, -0.05) is 26.2 Å². The van der Waals surface area contributed by atoms with Gasteiger partial charge in [0.15, 0.2) is 0 Å². The van der Waals surface area contributed by atoms with Crippen molar-refractivity contribution in [2.75, 3.05) is 11.9 Å². The highest BCUT2D eigenvalue weighted by Crippen LogP contribution is 2.32. The highest BCUT2D eigenvalue weighted by atomic mass is 32.1. The normalized spacial score (nSPS) is 11.1. The van der Waals surface area contributed by atoms with Crippen molar-refractivity contribution in [2.45, 2.75) is 46.5 Å². The average Bonchev–Trinajstić information content (AvgIpc) is 2.66. The number of hydrogen-bond donors (Lipinski definition) is 1. The summed E-state index contributed by atoms with van der Waals surface area (Å²) < 4.78 is 0. The van der Waals surface area contributed by atoms with Gasteiger partial charge in [-0.25, -0.2) is 9.97 Å². The Hall–Kier alpha value is -1.16. The summed E-state index contributed by atoms with van der Waals surface area (Å²) in [5.74, 6) is 0.998. The van der Waals surface area contributed by atoms with Gasteiger partial charge in [-0.15, -0.1) is 11.3 Å². The van der Waals surface area contributed by atoms with Crippen LogP contribution in [-0.4, -0.2) is 16.5 Å². The number of fused-ring (bicyclic) bond motifs is 1. The summed E-state index contributed by atoms with van der Waals surface area (Å²) >= 11 is 1.75. The van der Waals surface area contributed by atoms with Gasteiger partial charge in [0.1, 0.15) is 17.0 Å². The van der Waals surface area contributed by atoms with Gasteiger partial charge >= 0.3 is 0 Å². The van der Waals surface area contributed by atoms with Crippen LogP contribution >= 0.6 is 11.3 Å². The van der Waals surface area contributed by atoms with Gasteiger partial charge in [0.25, 0.3) is 0 Å². The summed E-state index contributed by atoms with van der Waals surface area (Å²) in [4.78, 5) is 11.2. The van der Waals surface area contributed by atoms with E-state index in [9.17, 15) is 0 Å². The minimum atomic E-state index is 0.998. The quantitative estimate of drug-likeness (QED) is 0.790. The van der Waals surface area contributed by atoms with E-state index in [0.717, 1.165) is 17.2 Å². The molecule has 0 bridgehead atoms. The largest absolute Gasteiger partial charge is 0.369 e. The molecule has 2 aromatic heterocycles. The second-order valence-electron chi connectivity index (χ2n) is 4.67. The van der Waals surface area contributed by atoms with Crippen molar-refractivity contribution in [1.82, 2.24) is 9.97 Å². The molecule has 3 nitrogen and oxygen atoms in total. The lowest BCUT2D eigenvalue weighted by atomic mass is 10.2. The smallest absolute Gasteiger partial charge is 0.138 e. The molecule has 2 rings (SSSR count). The second kappa shape index (κ2) is 6.14. The van der Waals surface area contributed by atoms with Gasteiger partial charge in [-0.2, -0.15) is 0 Å². The number of aromatic nitrogens is 2. The molecule has 2 heterocycles. The Kier molecular flexibility index (Phi) is 4.53. The molecule has 0 aliphatic carbocycles. The lowest BCUT2D eigenvalue weighted by Crippen LogP contribution is -2.04. The SMILES string of the molecule is CCCCCCNc1ncnc2sc(C)c(C)c12. The highest BCUT2D eigenvalue weighted by Gasteiger charge is 2.11. The Morgan fingerprint density at radius 2 is 2.00 bits per heavy atom. The van der Waals surface area contributed by atoms with Crippen LogP contribution in [0.5, 0.6) is 0 Å². The molecule has 0 aliphatic rings. The molecule has 4 heteroatoms.